The van der Waals surface area contributed by atoms with Crippen molar-refractivity contribution in [3.05, 3.63) is 58.7 Å². The van der Waals surface area contributed by atoms with Crippen molar-refractivity contribution >= 4 is 6.29 Å². The molecule has 0 atom stereocenters. The first-order valence-corrected chi connectivity index (χ1v) is 7.34. The molecule has 0 saturated heterocycles. The molecule has 152 valence electrons. The number of alkyl halides is 8. The molecular formula is C17H10F8O3. The van der Waals surface area contributed by atoms with Crippen LogP contribution < -0.4 is 9.47 Å². The van der Waals surface area contributed by atoms with Crippen molar-refractivity contribution in [3.63, 3.8) is 0 Å². The molecule has 0 saturated carbocycles. The first-order valence-electron chi connectivity index (χ1n) is 7.34. The smallest absolute Gasteiger partial charge is 0.416 e. The second kappa shape index (κ2) is 8.03. The van der Waals surface area contributed by atoms with Gasteiger partial charge in [-0.15, -0.1) is 0 Å². The van der Waals surface area contributed by atoms with E-state index in [1.165, 1.54) is 0 Å². The molecule has 2 aromatic rings. The lowest BCUT2D eigenvalue weighted by Gasteiger charge is -2.15. The maximum absolute atomic E-state index is 12.8. The lowest BCUT2D eigenvalue weighted by atomic mass is 10.1. The van der Waals surface area contributed by atoms with E-state index in [-0.39, 0.29) is 23.7 Å². The molecule has 0 spiro atoms. The Bertz CT molecular complexity index is 811. The van der Waals surface area contributed by atoms with Gasteiger partial charge in [0.25, 0.3) is 0 Å². The summed E-state index contributed by atoms with van der Waals surface area (Å²) in [7, 11) is 0. The Kier molecular flexibility index (Phi) is 6.15. The van der Waals surface area contributed by atoms with Crippen molar-refractivity contribution in [1.29, 1.82) is 0 Å². The van der Waals surface area contributed by atoms with Crippen LogP contribution in [0.15, 0.2) is 36.4 Å². The van der Waals surface area contributed by atoms with E-state index in [1.807, 2.05) is 0 Å². The van der Waals surface area contributed by atoms with Gasteiger partial charge in [-0.05, 0) is 35.9 Å². The number of hydrogen-bond acceptors (Lipinski definition) is 3. The van der Waals surface area contributed by atoms with Crippen LogP contribution in [0, 0.1) is 0 Å². The number of hydrogen-bond donors (Lipinski definition) is 0. The topological polar surface area (TPSA) is 35.5 Å². The van der Waals surface area contributed by atoms with Crippen LogP contribution in [-0.2, 0) is 19.0 Å². The van der Waals surface area contributed by atoms with Gasteiger partial charge in [0.15, 0.2) is 0 Å². The molecule has 0 aliphatic carbocycles. The molecule has 0 amide bonds. The Hall–Kier alpha value is -2.85. The zero-order chi connectivity index (χ0) is 21.1. The molecule has 0 unspecified atom stereocenters. The van der Waals surface area contributed by atoms with Crippen LogP contribution in [0.25, 0.3) is 0 Å². The Balaban J connectivity index is 2.32. The Morgan fingerprint density at radius 1 is 0.821 bits per heavy atom. The molecule has 0 aromatic heterocycles. The highest BCUT2D eigenvalue weighted by Gasteiger charge is 2.36. The van der Waals surface area contributed by atoms with Gasteiger partial charge in [-0.1, -0.05) is 0 Å². The number of halogens is 8. The molecule has 11 heteroatoms. The molecule has 28 heavy (non-hydrogen) atoms. The predicted molar refractivity (Wildman–Crippen MR) is 79.2 cm³/mol. The minimum Gasteiger partial charge on any atom is -0.489 e. The first kappa shape index (κ1) is 21.5. The molecule has 2 aromatic carbocycles. The van der Waals surface area contributed by atoms with E-state index in [1.54, 1.807) is 0 Å². The Morgan fingerprint density at radius 3 is 1.82 bits per heavy atom. The number of aldehydes is 1. The molecule has 0 aliphatic rings. The molecule has 0 aliphatic heterocycles. The fourth-order valence-corrected chi connectivity index (χ4v) is 2.19. The van der Waals surface area contributed by atoms with Gasteiger partial charge < -0.3 is 9.47 Å². The van der Waals surface area contributed by atoms with Crippen molar-refractivity contribution in [2.24, 2.45) is 0 Å². The van der Waals surface area contributed by atoms with E-state index < -0.39 is 48.0 Å². The van der Waals surface area contributed by atoms with E-state index in [2.05, 4.69) is 4.74 Å². The lowest BCUT2D eigenvalue weighted by molar-refractivity contribution is -0.143. The number of carbonyl (C=O) groups is 1. The zero-order valence-corrected chi connectivity index (χ0v) is 13.6. The third-order valence-corrected chi connectivity index (χ3v) is 3.32. The third kappa shape index (κ3) is 5.83. The summed E-state index contributed by atoms with van der Waals surface area (Å²) < 4.78 is 111. The van der Waals surface area contributed by atoms with Crippen molar-refractivity contribution in [1.82, 2.24) is 0 Å². The van der Waals surface area contributed by atoms with E-state index in [0.717, 1.165) is 18.2 Å². The summed E-state index contributed by atoms with van der Waals surface area (Å²) in [6, 6.07) is 3.83. The van der Waals surface area contributed by atoms with Crippen LogP contribution in [0.2, 0.25) is 0 Å². The van der Waals surface area contributed by atoms with Gasteiger partial charge in [-0.3, -0.25) is 4.79 Å². The summed E-state index contributed by atoms with van der Waals surface area (Å²) in [5.41, 5.74) is -3.66. The second-order valence-corrected chi connectivity index (χ2v) is 5.44. The predicted octanol–water partition coefficient (Wildman–Crippen LogP) is 5.72. The summed E-state index contributed by atoms with van der Waals surface area (Å²) in [6.07, 6.45) is -9.77. The molecule has 0 bridgehead atoms. The summed E-state index contributed by atoms with van der Waals surface area (Å²) in [5, 5.41) is 0. The average molecular weight is 414 g/mol. The molecular weight excluding hydrogens is 404 g/mol. The summed E-state index contributed by atoms with van der Waals surface area (Å²) in [4.78, 5) is 10.8. The highest BCUT2D eigenvalue weighted by molar-refractivity contribution is 5.76. The third-order valence-electron chi connectivity index (χ3n) is 3.32. The molecule has 2 rings (SSSR count). The average Bonchev–Trinajstić information content (AvgIpc) is 2.57. The number of rotatable bonds is 6. The monoisotopic (exact) mass is 414 g/mol. The van der Waals surface area contributed by atoms with Crippen molar-refractivity contribution in [3.8, 4) is 11.5 Å². The first-order chi connectivity index (χ1) is 12.9. The van der Waals surface area contributed by atoms with Crippen molar-refractivity contribution < 1.29 is 49.4 Å². The number of ether oxygens (including phenoxy) is 2. The molecule has 3 nitrogen and oxygen atoms in total. The summed E-state index contributed by atoms with van der Waals surface area (Å²) >= 11 is 0. The largest absolute Gasteiger partial charge is 0.489 e. The van der Waals surface area contributed by atoms with Gasteiger partial charge >= 0.3 is 19.0 Å². The van der Waals surface area contributed by atoms with Crippen LogP contribution >= 0.6 is 0 Å². The molecule has 0 radical (unpaired) electrons. The van der Waals surface area contributed by atoms with Crippen LogP contribution in [0.3, 0.4) is 0 Å². The second-order valence-electron chi connectivity index (χ2n) is 5.44. The lowest BCUT2D eigenvalue weighted by Crippen LogP contribution is -2.12. The fourth-order valence-electron chi connectivity index (χ4n) is 2.19. The molecule has 0 N–H and O–H groups in total. The summed E-state index contributed by atoms with van der Waals surface area (Å²) in [6.45, 7) is -3.96. The van der Waals surface area contributed by atoms with Crippen molar-refractivity contribution in [2.45, 2.75) is 25.6 Å². The van der Waals surface area contributed by atoms with E-state index in [4.69, 9.17) is 4.74 Å². The van der Waals surface area contributed by atoms with E-state index in [9.17, 15) is 39.9 Å². The van der Waals surface area contributed by atoms with Gasteiger partial charge in [0.2, 0.25) is 0 Å². The molecule has 0 fully saturated rings. The Morgan fingerprint density at radius 2 is 1.36 bits per heavy atom. The standard InChI is InChI=1S/C17H10F8O3/c18-15(19)28-14-4-9(7-26)3-13(6-14)27-8-10-1-11(16(20,21)22)5-12(2-10)17(23,24)25/h1-7,15H,8H2. The van der Waals surface area contributed by atoms with Gasteiger partial charge in [0.05, 0.1) is 11.1 Å². The van der Waals surface area contributed by atoms with E-state index >= 15 is 0 Å². The minimum absolute atomic E-state index is 0.0366. The van der Waals surface area contributed by atoms with Crippen LogP contribution in [-0.4, -0.2) is 12.9 Å². The fraction of sp³-hybridized carbons (Fsp3) is 0.235. The normalized spacial score (nSPS) is 12.2. The van der Waals surface area contributed by atoms with Gasteiger partial charge in [-0.25, -0.2) is 0 Å². The van der Waals surface area contributed by atoms with Crippen LogP contribution in [0.5, 0.6) is 11.5 Å². The molecule has 0 heterocycles. The minimum atomic E-state index is -5.02. The quantitative estimate of drug-likeness (QED) is 0.448. The van der Waals surface area contributed by atoms with Crippen LogP contribution in [0.1, 0.15) is 27.0 Å². The maximum Gasteiger partial charge on any atom is 0.416 e. The van der Waals surface area contributed by atoms with Gasteiger partial charge in [0.1, 0.15) is 24.4 Å². The Labute approximate surface area is 152 Å². The van der Waals surface area contributed by atoms with Crippen LogP contribution in [0.4, 0.5) is 35.1 Å². The maximum atomic E-state index is 12.8. The zero-order valence-electron chi connectivity index (χ0n) is 13.6. The highest BCUT2D eigenvalue weighted by Crippen LogP contribution is 2.36. The van der Waals surface area contributed by atoms with Gasteiger partial charge in [0, 0.05) is 11.6 Å². The van der Waals surface area contributed by atoms with E-state index in [0.29, 0.717) is 12.1 Å². The van der Waals surface area contributed by atoms with Gasteiger partial charge in [-0.2, -0.15) is 35.1 Å². The number of benzene rings is 2. The summed E-state index contributed by atoms with van der Waals surface area (Å²) in [5.74, 6) is -0.721. The highest BCUT2D eigenvalue weighted by atomic mass is 19.4. The number of carbonyl (C=O) groups excluding carboxylic acids is 1. The van der Waals surface area contributed by atoms with Crippen molar-refractivity contribution in [2.75, 3.05) is 0 Å². The SMILES string of the molecule is O=Cc1cc(OCc2cc(C(F)(F)F)cc(C(F)(F)F)c2)cc(OC(F)F)c1.